The lowest BCUT2D eigenvalue weighted by Crippen LogP contribution is -2.71. The average Bonchev–Trinajstić information content (AvgIpc) is 3.21. The fourth-order valence-electron chi connectivity index (χ4n) is 7.85. The van der Waals surface area contributed by atoms with E-state index in [1.807, 2.05) is 24.3 Å². The molecule has 2 aliphatic carbocycles. The van der Waals surface area contributed by atoms with Crippen molar-refractivity contribution in [2.45, 2.75) is 84.6 Å². The Labute approximate surface area is 208 Å². The van der Waals surface area contributed by atoms with Gasteiger partial charge in [-0.3, -0.25) is 4.79 Å². The number of nitrogens with two attached hydrogens (primary N) is 1. The monoisotopic (exact) mass is 474 g/mol. The van der Waals surface area contributed by atoms with E-state index in [0.717, 1.165) is 53.9 Å². The lowest BCUT2D eigenvalue weighted by atomic mass is 9.43. The molecule has 2 heterocycles. The molecule has 1 amide bonds. The van der Waals surface area contributed by atoms with Crippen LogP contribution in [0.25, 0.3) is 0 Å². The number of nitrogens with one attached hydrogen (secondary N) is 1. The van der Waals surface area contributed by atoms with E-state index in [2.05, 4.69) is 45.1 Å². The van der Waals surface area contributed by atoms with Crippen LogP contribution in [0, 0.1) is 22.7 Å². The maximum Gasteiger partial charge on any atom is 0.252 e. The summed E-state index contributed by atoms with van der Waals surface area (Å²) >= 11 is 0. The van der Waals surface area contributed by atoms with Crippen LogP contribution in [-0.4, -0.2) is 17.6 Å². The fourth-order valence-corrected chi connectivity index (χ4v) is 7.85. The van der Waals surface area contributed by atoms with Gasteiger partial charge in [0.05, 0.1) is 5.56 Å². The summed E-state index contributed by atoms with van der Waals surface area (Å²) in [6.07, 6.45) is 5.15. The average molecular weight is 475 g/mol. The van der Waals surface area contributed by atoms with Gasteiger partial charge in [-0.1, -0.05) is 58.0 Å². The first-order valence-electron chi connectivity index (χ1n) is 13.3. The van der Waals surface area contributed by atoms with Crippen molar-refractivity contribution in [2.75, 3.05) is 0 Å². The highest BCUT2D eigenvalue weighted by Gasteiger charge is 2.67. The van der Waals surface area contributed by atoms with Crippen molar-refractivity contribution in [1.82, 2.24) is 5.32 Å². The van der Waals surface area contributed by atoms with Crippen LogP contribution >= 0.6 is 0 Å². The van der Waals surface area contributed by atoms with Crippen molar-refractivity contribution in [1.29, 1.82) is 0 Å². The third kappa shape index (κ3) is 3.13. The molecule has 5 nitrogen and oxygen atoms in total. The van der Waals surface area contributed by atoms with Gasteiger partial charge >= 0.3 is 0 Å². The lowest BCUT2D eigenvalue weighted by Gasteiger charge is -2.67. The van der Waals surface area contributed by atoms with Gasteiger partial charge in [0, 0.05) is 35.0 Å². The molecule has 5 heteroatoms. The normalized spacial score (nSPS) is 34.5. The van der Waals surface area contributed by atoms with E-state index in [1.54, 1.807) is 0 Å². The Morgan fingerprint density at radius 2 is 1.89 bits per heavy atom. The highest BCUT2D eigenvalue weighted by Crippen LogP contribution is 2.66. The number of hydrogen-bond donors (Lipinski definition) is 2. The highest BCUT2D eigenvalue weighted by atomic mass is 16.5. The summed E-state index contributed by atoms with van der Waals surface area (Å²) in [5.41, 5.74) is 10.3. The molecule has 2 saturated carbocycles. The molecule has 0 saturated heterocycles. The van der Waals surface area contributed by atoms with Gasteiger partial charge in [0.25, 0.3) is 5.91 Å². The zero-order valence-electron chi connectivity index (χ0n) is 21.4. The molecule has 2 fully saturated rings. The zero-order chi connectivity index (χ0) is 24.6. The summed E-state index contributed by atoms with van der Waals surface area (Å²) in [4.78, 5) is 12.8. The number of carbonyl (C=O) groups is 1. The summed E-state index contributed by atoms with van der Waals surface area (Å²) < 4.78 is 13.8. The molecular formula is C30H38N2O3. The first kappa shape index (κ1) is 22.9. The van der Waals surface area contributed by atoms with Crippen LogP contribution in [0.3, 0.4) is 0 Å². The number of ether oxygens (including phenoxy) is 2. The lowest BCUT2D eigenvalue weighted by molar-refractivity contribution is -0.214. The van der Waals surface area contributed by atoms with Gasteiger partial charge in [0.15, 0.2) is 0 Å². The molecule has 4 aliphatic rings. The van der Waals surface area contributed by atoms with Gasteiger partial charge in [-0.15, -0.1) is 0 Å². The van der Waals surface area contributed by atoms with E-state index in [4.69, 9.17) is 15.2 Å². The van der Waals surface area contributed by atoms with Gasteiger partial charge in [0.2, 0.25) is 0 Å². The molecule has 0 radical (unpaired) electrons. The van der Waals surface area contributed by atoms with Crippen LogP contribution in [0.15, 0.2) is 36.4 Å². The van der Waals surface area contributed by atoms with Crippen molar-refractivity contribution in [3.8, 4) is 11.5 Å². The summed E-state index contributed by atoms with van der Waals surface area (Å²) in [6, 6.07) is 12.3. The van der Waals surface area contributed by atoms with E-state index in [-0.39, 0.29) is 28.4 Å². The summed E-state index contributed by atoms with van der Waals surface area (Å²) in [6.45, 7) is 10.5. The van der Waals surface area contributed by atoms with E-state index < -0.39 is 0 Å². The first-order valence-corrected chi connectivity index (χ1v) is 13.3. The van der Waals surface area contributed by atoms with E-state index in [1.165, 1.54) is 6.42 Å². The minimum Gasteiger partial charge on any atom is -0.488 e. The smallest absolute Gasteiger partial charge is 0.252 e. The summed E-state index contributed by atoms with van der Waals surface area (Å²) in [5, 5.41) is 3.02. The second-order valence-electron chi connectivity index (χ2n) is 12.2. The van der Waals surface area contributed by atoms with Gasteiger partial charge in [-0.25, -0.2) is 0 Å². The van der Waals surface area contributed by atoms with Crippen LogP contribution in [0.1, 0.15) is 80.4 Å². The molecule has 0 unspecified atom stereocenters. The maximum absolute atomic E-state index is 12.8. The Hall–Kier alpha value is -2.53. The number of carbonyl (C=O) groups excluding carboxylic acids is 1. The molecule has 3 N–H and O–H groups in total. The number of amides is 1. The van der Waals surface area contributed by atoms with Gasteiger partial charge in [-0.05, 0) is 55.1 Å². The Kier molecular flexibility index (Phi) is 5.06. The third-order valence-electron chi connectivity index (χ3n) is 10.4. The van der Waals surface area contributed by atoms with Crippen LogP contribution < -0.4 is 20.5 Å². The van der Waals surface area contributed by atoms with Crippen LogP contribution in [-0.2, 0) is 19.6 Å². The highest BCUT2D eigenvalue weighted by molar-refractivity contribution is 6.00. The van der Waals surface area contributed by atoms with E-state index in [9.17, 15) is 4.79 Å². The molecule has 6 rings (SSSR count). The Bertz CT molecular complexity index is 1180. The Balaban J connectivity index is 1.49. The minimum absolute atomic E-state index is 0.00415. The first-order chi connectivity index (χ1) is 16.7. The largest absolute Gasteiger partial charge is 0.488 e. The minimum atomic E-state index is -0.283. The number of hydrogen-bond acceptors (Lipinski definition) is 4. The van der Waals surface area contributed by atoms with Gasteiger partial charge < -0.3 is 20.5 Å². The molecule has 2 aliphatic heterocycles. The van der Waals surface area contributed by atoms with Crippen LogP contribution in [0.4, 0.5) is 0 Å². The second kappa shape index (κ2) is 7.73. The third-order valence-corrected chi connectivity index (χ3v) is 10.4. The predicted molar refractivity (Wildman–Crippen MR) is 136 cm³/mol. The standard InChI is InChI=1S/C30H38N2O3/c1-18-10-11-24-28(2,3)25(31)12-13-30(24)29(18,4)15-21-23(34-17-19-8-6-5-7-9-19)14-20-22(26(21)35-30)16-32-27(20)33/h5-9,14,18,24-25H,10-13,15-17,31H2,1-4H3,(H,32,33)/t18-,24-,25-,29+,30-/m0/s1. The molecular weight excluding hydrogens is 436 g/mol. The Morgan fingerprint density at radius 3 is 2.66 bits per heavy atom. The summed E-state index contributed by atoms with van der Waals surface area (Å²) in [7, 11) is 0. The molecule has 35 heavy (non-hydrogen) atoms. The topological polar surface area (TPSA) is 73.6 Å². The van der Waals surface area contributed by atoms with Gasteiger partial charge in [0.1, 0.15) is 23.7 Å². The summed E-state index contributed by atoms with van der Waals surface area (Å²) in [5.74, 6) is 2.54. The molecule has 1 spiro atoms. The molecule has 5 atom stereocenters. The van der Waals surface area contributed by atoms with E-state index in [0.29, 0.717) is 30.6 Å². The van der Waals surface area contributed by atoms with Crippen molar-refractivity contribution < 1.29 is 14.3 Å². The van der Waals surface area contributed by atoms with Crippen LogP contribution in [0.2, 0.25) is 0 Å². The molecule has 0 bridgehead atoms. The predicted octanol–water partition coefficient (Wildman–Crippen LogP) is 5.38. The number of benzene rings is 2. The number of rotatable bonds is 3. The van der Waals surface area contributed by atoms with Crippen molar-refractivity contribution >= 4 is 5.91 Å². The fraction of sp³-hybridized carbons (Fsp3) is 0.567. The van der Waals surface area contributed by atoms with Crippen molar-refractivity contribution in [2.24, 2.45) is 28.4 Å². The number of fused-ring (bicyclic) bond motifs is 3. The molecule has 0 aromatic heterocycles. The van der Waals surface area contributed by atoms with E-state index >= 15 is 0 Å². The maximum atomic E-state index is 12.8. The van der Waals surface area contributed by atoms with Crippen molar-refractivity contribution in [3.05, 3.63) is 58.7 Å². The van der Waals surface area contributed by atoms with Crippen LogP contribution in [0.5, 0.6) is 11.5 Å². The molecule has 2 aromatic rings. The SMILES string of the molecule is C[C@H]1CC[C@H]2C(C)(C)[C@@H](N)CC[C@]23Oc2c(c(OCc4ccccc4)cc4c2CNC4=O)C[C@]13C. The molecule has 186 valence electrons. The quantitative estimate of drug-likeness (QED) is 0.626. The second-order valence-corrected chi connectivity index (χ2v) is 12.2. The van der Waals surface area contributed by atoms with Crippen molar-refractivity contribution in [3.63, 3.8) is 0 Å². The molecule has 2 aromatic carbocycles. The Morgan fingerprint density at radius 1 is 1.11 bits per heavy atom. The van der Waals surface area contributed by atoms with Gasteiger partial charge in [-0.2, -0.15) is 0 Å². The zero-order valence-corrected chi connectivity index (χ0v) is 21.4.